The third kappa shape index (κ3) is 4.07. The lowest BCUT2D eigenvalue weighted by atomic mass is 10.1. The molecule has 0 aliphatic carbocycles. The monoisotopic (exact) mass is 657 g/mol. The minimum atomic E-state index is -0.428. The van der Waals surface area contributed by atoms with Crippen molar-refractivity contribution < 1.29 is 6.85 Å². The molecule has 11 rings (SSSR count). The zero-order chi connectivity index (χ0) is 37.8. The minimum Gasteiger partial charge on any atom is -0.309 e. The van der Waals surface area contributed by atoms with Crippen LogP contribution in [0.3, 0.4) is 0 Å². The van der Waals surface area contributed by atoms with Crippen LogP contribution in [0, 0.1) is 0 Å². The summed E-state index contributed by atoms with van der Waals surface area (Å²) in [7, 11) is 0. The molecule has 0 atom stereocenters. The van der Waals surface area contributed by atoms with Crippen LogP contribution < -0.4 is 0 Å². The number of rotatable bonds is 4. The second-order valence-electron chi connectivity index (χ2n) is 12.6. The smallest absolute Gasteiger partial charge is 0.240 e. The first-order chi connectivity index (χ1) is 27.4. The van der Waals surface area contributed by atoms with Crippen LogP contribution in [-0.4, -0.2) is 28.7 Å². The fourth-order valence-corrected chi connectivity index (χ4v) is 7.65. The van der Waals surface area contributed by atoms with Crippen LogP contribution in [0.2, 0.25) is 0 Å². The third-order valence-corrected chi connectivity index (χ3v) is 9.80. The van der Waals surface area contributed by atoms with Gasteiger partial charge in [-0.1, -0.05) is 121 Å². The second kappa shape index (κ2) is 10.7. The van der Waals surface area contributed by atoms with E-state index in [1.807, 2.05) is 97.1 Å². The second-order valence-corrected chi connectivity index (χ2v) is 12.6. The first-order valence-corrected chi connectivity index (χ1v) is 16.7. The first-order valence-electron chi connectivity index (χ1n) is 19.2. The van der Waals surface area contributed by atoms with Gasteiger partial charge in [-0.05, 0) is 48.5 Å². The van der Waals surface area contributed by atoms with Gasteiger partial charge in [-0.25, -0.2) is 0 Å². The molecule has 0 N–H and O–H groups in total. The standard InChI is InChI=1S/C45H28N6/c1-3-15-29(16-4-1)43-46-44(50-38-24-12-7-19-31(38)32-20-8-13-25-39(32)50)48-45(47-43)51-40-26-14-10-22-34(40)36-27-41-35(28-42(36)51)33-21-9-11-23-37(33)49(41)30-17-5-2-6-18-30/h1-28H/i2D,5D,6D,17D,18D. The molecule has 0 radical (unpaired) electrons. The van der Waals surface area contributed by atoms with Crippen LogP contribution in [0.5, 0.6) is 0 Å². The Morgan fingerprint density at radius 3 is 1.31 bits per heavy atom. The van der Waals surface area contributed by atoms with Gasteiger partial charge in [-0.15, -0.1) is 0 Å². The predicted molar refractivity (Wildman–Crippen MR) is 208 cm³/mol. The number of nitrogens with zero attached hydrogens (tertiary/aromatic N) is 6. The van der Waals surface area contributed by atoms with Gasteiger partial charge in [0.2, 0.25) is 11.9 Å². The molecule has 0 spiro atoms. The maximum absolute atomic E-state index is 8.92. The molecule has 0 saturated heterocycles. The maximum Gasteiger partial charge on any atom is 0.240 e. The van der Waals surface area contributed by atoms with Gasteiger partial charge < -0.3 is 4.57 Å². The molecule has 0 aliphatic heterocycles. The third-order valence-electron chi connectivity index (χ3n) is 9.80. The van der Waals surface area contributed by atoms with E-state index in [1.165, 1.54) is 0 Å². The van der Waals surface area contributed by atoms with Gasteiger partial charge in [-0.2, -0.15) is 15.0 Å². The first kappa shape index (κ1) is 23.3. The van der Waals surface area contributed by atoms with E-state index in [-0.39, 0.29) is 29.9 Å². The number of hydrogen-bond acceptors (Lipinski definition) is 3. The van der Waals surface area contributed by atoms with E-state index in [0.717, 1.165) is 65.5 Å². The molecule has 0 aliphatic rings. The highest BCUT2D eigenvalue weighted by molar-refractivity contribution is 6.19. The van der Waals surface area contributed by atoms with Crippen molar-refractivity contribution in [1.82, 2.24) is 28.7 Å². The molecule has 7 aromatic carbocycles. The molecule has 0 amide bonds. The van der Waals surface area contributed by atoms with E-state index >= 15 is 0 Å². The van der Waals surface area contributed by atoms with E-state index in [2.05, 4.69) is 51.6 Å². The van der Waals surface area contributed by atoms with Gasteiger partial charge >= 0.3 is 0 Å². The van der Waals surface area contributed by atoms with Gasteiger partial charge in [-0.3, -0.25) is 9.13 Å². The zero-order valence-corrected chi connectivity index (χ0v) is 27.0. The van der Waals surface area contributed by atoms with Crippen LogP contribution in [0.1, 0.15) is 6.85 Å². The number of aromatic nitrogens is 6. The summed E-state index contributed by atoms with van der Waals surface area (Å²) >= 11 is 0. The molecule has 0 saturated carbocycles. The number of para-hydroxylation sites is 5. The molecule has 6 nitrogen and oxygen atoms in total. The van der Waals surface area contributed by atoms with Crippen molar-refractivity contribution in [2.24, 2.45) is 0 Å². The molecule has 4 aromatic heterocycles. The van der Waals surface area contributed by atoms with Gasteiger partial charge in [0.25, 0.3) is 0 Å². The van der Waals surface area contributed by atoms with Crippen molar-refractivity contribution in [2.75, 3.05) is 0 Å². The molecular weight excluding hydrogens is 625 g/mol. The lowest BCUT2D eigenvalue weighted by Gasteiger charge is -2.12. The van der Waals surface area contributed by atoms with Crippen LogP contribution in [-0.2, 0) is 0 Å². The Bertz CT molecular complexity index is 3360. The molecule has 6 heteroatoms. The number of benzene rings is 7. The Balaban J connectivity index is 1.26. The molecule has 4 heterocycles. The van der Waals surface area contributed by atoms with Gasteiger partial charge in [0.05, 0.1) is 40.0 Å². The highest BCUT2D eigenvalue weighted by Crippen LogP contribution is 2.40. The summed E-state index contributed by atoms with van der Waals surface area (Å²) in [5.41, 5.74) is 6.09. The van der Waals surface area contributed by atoms with E-state index < -0.39 is 6.04 Å². The molecule has 0 fully saturated rings. The predicted octanol–water partition coefficient (Wildman–Crippen LogP) is 10.8. The van der Waals surface area contributed by atoms with Crippen molar-refractivity contribution in [3.05, 3.63) is 170 Å². The number of fused-ring (bicyclic) bond motifs is 9. The lowest BCUT2D eigenvalue weighted by Crippen LogP contribution is -2.10. The normalized spacial score (nSPS) is 13.3. The fourth-order valence-electron chi connectivity index (χ4n) is 7.65. The number of hydrogen-bond donors (Lipinski definition) is 0. The van der Waals surface area contributed by atoms with Crippen molar-refractivity contribution in [3.8, 4) is 29.0 Å². The van der Waals surface area contributed by atoms with Crippen LogP contribution >= 0.6 is 0 Å². The largest absolute Gasteiger partial charge is 0.309 e. The lowest BCUT2D eigenvalue weighted by molar-refractivity contribution is 0.893. The van der Waals surface area contributed by atoms with Crippen LogP contribution in [0.25, 0.3) is 94.4 Å². The Labute approximate surface area is 299 Å². The summed E-state index contributed by atoms with van der Waals surface area (Å²) < 4.78 is 49.0. The van der Waals surface area contributed by atoms with E-state index in [4.69, 9.17) is 21.8 Å². The Hall–Kier alpha value is -7.05. The maximum atomic E-state index is 8.92. The Kier molecular flexibility index (Phi) is 4.91. The molecule has 51 heavy (non-hydrogen) atoms. The van der Waals surface area contributed by atoms with E-state index in [1.54, 1.807) is 4.57 Å². The molecule has 11 aromatic rings. The topological polar surface area (TPSA) is 53.5 Å². The summed E-state index contributed by atoms with van der Waals surface area (Å²) in [6.45, 7) is 0. The minimum absolute atomic E-state index is 0.103. The van der Waals surface area contributed by atoms with Gasteiger partial charge in [0.15, 0.2) is 5.82 Å². The van der Waals surface area contributed by atoms with Crippen LogP contribution in [0.15, 0.2) is 170 Å². The summed E-state index contributed by atoms with van der Waals surface area (Å²) in [4.78, 5) is 15.6. The summed E-state index contributed by atoms with van der Waals surface area (Å²) in [5, 5.41) is 5.76. The summed E-state index contributed by atoms with van der Waals surface area (Å²) in [6, 6.07) is 44.8. The molecule has 0 unspecified atom stereocenters. The van der Waals surface area contributed by atoms with Crippen molar-refractivity contribution in [3.63, 3.8) is 0 Å². The van der Waals surface area contributed by atoms with Crippen molar-refractivity contribution in [2.45, 2.75) is 0 Å². The molecular formula is C45H28N6. The summed E-state index contributed by atoms with van der Waals surface area (Å²) in [5.74, 6) is 1.45. The van der Waals surface area contributed by atoms with Crippen molar-refractivity contribution >= 4 is 65.4 Å². The highest BCUT2D eigenvalue weighted by Gasteiger charge is 2.22. The van der Waals surface area contributed by atoms with Crippen molar-refractivity contribution in [1.29, 1.82) is 0 Å². The Morgan fingerprint density at radius 1 is 0.373 bits per heavy atom. The van der Waals surface area contributed by atoms with Gasteiger partial charge in [0, 0.05) is 43.6 Å². The molecule has 238 valence electrons. The highest BCUT2D eigenvalue weighted by atomic mass is 15.3. The van der Waals surface area contributed by atoms with E-state index in [9.17, 15) is 0 Å². The van der Waals surface area contributed by atoms with Crippen LogP contribution in [0.4, 0.5) is 0 Å². The van der Waals surface area contributed by atoms with E-state index in [0.29, 0.717) is 23.2 Å². The summed E-state index contributed by atoms with van der Waals surface area (Å²) in [6.07, 6.45) is 0. The average Bonchev–Trinajstić information content (AvgIpc) is 3.87. The SMILES string of the molecule is [2H]c1c([2H])c([2H])c(-n2c3ccccc3c3cc4c(cc32)c2ccccc2n4-c2nc(-c3ccccc3)nc(-n3c4ccccc4c4ccccc43)n2)c([2H])c1[2H]. The molecule has 0 bridgehead atoms. The Morgan fingerprint density at radius 2 is 0.784 bits per heavy atom. The zero-order valence-electron chi connectivity index (χ0n) is 32.0. The quantitative estimate of drug-likeness (QED) is 0.189. The fraction of sp³-hybridized carbons (Fsp3) is 0. The van der Waals surface area contributed by atoms with Gasteiger partial charge in [0.1, 0.15) is 0 Å². The average molecular weight is 658 g/mol.